The number of ether oxygens (including phenoxy) is 1. The Balaban J connectivity index is 1.83. The van der Waals surface area contributed by atoms with Crippen molar-refractivity contribution >= 4 is 17.4 Å². The summed E-state index contributed by atoms with van der Waals surface area (Å²) in [6, 6.07) is 17.1. The quantitative estimate of drug-likeness (QED) is 0.564. The van der Waals surface area contributed by atoms with Crippen molar-refractivity contribution in [2.75, 3.05) is 7.11 Å². The van der Waals surface area contributed by atoms with Crippen molar-refractivity contribution in [1.82, 2.24) is 19.6 Å². The molecule has 118 valence electrons. The first-order chi connectivity index (χ1) is 11.7. The predicted molar refractivity (Wildman–Crippen MR) is 93.2 cm³/mol. The van der Waals surface area contributed by atoms with Crippen LogP contribution in [0.5, 0.6) is 5.75 Å². The highest BCUT2D eigenvalue weighted by Crippen LogP contribution is 2.24. The zero-order chi connectivity index (χ0) is 16.5. The van der Waals surface area contributed by atoms with Crippen LogP contribution in [0.2, 0.25) is 5.02 Å². The Kier molecular flexibility index (Phi) is 3.63. The maximum atomic E-state index is 5.97. The van der Waals surface area contributed by atoms with E-state index >= 15 is 0 Å². The SMILES string of the molecule is COc1ccc(-c2nc3nccc(-c4ccc(Cl)cc4)n3n2)cc1. The molecule has 0 spiro atoms. The minimum Gasteiger partial charge on any atom is -0.497 e. The number of benzene rings is 2. The van der Waals surface area contributed by atoms with Gasteiger partial charge in [0.1, 0.15) is 5.75 Å². The summed E-state index contributed by atoms with van der Waals surface area (Å²) < 4.78 is 6.92. The van der Waals surface area contributed by atoms with Gasteiger partial charge in [0.05, 0.1) is 12.8 Å². The van der Waals surface area contributed by atoms with E-state index in [9.17, 15) is 0 Å². The Morgan fingerprint density at radius 2 is 1.62 bits per heavy atom. The Labute approximate surface area is 143 Å². The molecule has 5 nitrogen and oxygen atoms in total. The summed E-state index contributed by atoms with van der Waals surface area (Å²) in [4.78, 5) is 8.82. The molecular formula is C18H13ClN4O. The molecule has 2 heterocycles. The minimum absolute atomic E-state index is 0.549. The third-order valence-corrected chi connectivity index (χ3v) is 3.98. The van der Waals surface area contributed by atoms with Crippen molar-refractivity contribution in [3.05, 3.63) is 65.8 Å². The molecule has 0 bridgehead atoms. The Morgan fingerprint density at radius 1 is 0.917 bits per heavy atom. The lowest BCUT2D eigenvalue weighted by molar-refractivity contribution is 0.415. The van der Waals surface area contributed by atoms with E-state index in [2.05, 4.69) is 15.1 Å². The first kappa shape index (κ1) is 14.7. The lowest BCUT2D eigenvalue weighted by Gasteiger charge is -2.03. The van der Waals surface area contributed by atoms with Crippen molar-refractivity contribution in [3.63, 3.8) is 0 Å². The van der Waals surface area contributed by atoms with E-state index in [1.54, 1.807) is 17.8 Å². The van der Waals surface area contributed by atoms with Crippen molar-refractivity contribution in [1.29, 1.82) is 0 Å². The predicted octanol–water partition coefficient (Wildman–Crippen LogP) is 4.12. The van der Waals surface area contributed by atoms with E-state index in [0.717, 1.165) is 22.6 Å². The highest BCUT2D eigenvalue weighted by atomic mass is 35.5. The average Bonchev–Trinajstić information content (AvgIpc) is 3.07. The van der Waals surface area contributed by atoms with Crippen LogP contribution in [0.15, 0.2) is 60.8 Å². The summed E-state index contributed by atoms with van der Waals surface area (Å²) >= 11 is 5.97. The maximum Gasteiger partial charge on any atom is 0.253 e. The third kappa shape index (κ3) is 2.59. The number of rotatable bonds is 3. The molecule has 0 radical (unpaired) electrons. The number of hydrogen-bond acceptors (Lipinski definition) is 4. The van der Waals surface area contributed by atoms with Gasteiger partial charge in [0, 0.05) is 22.3 Å². The summed E-state index contributed by atoms with van der Waals surface area (Å²) in [5.74, 6) is 1.96. The molecule has 0 aliphatic carbocycles. The molecule has 0 atom stereocenters. The summed E-state index contributed by atoms with van der Waals surface area (Å²) in [5.41, 5.74) is 2.81. The van der Waals surface area contributed by atoms with Crippen LogP contribution in [-0.2, 0) is 0 Å². The van der Waals surface area contributed by atoms with Crippen LogP contribution in [0, 0.1) is 0 Å². The molecule has 6 heteroatoms. The fraction of sp³-hybridized carbons (Fsp3) is 0.0556. The zero-order valence-corrected chi connectivity index (χ0v) is 13.6. The first-order valence-corrected chi connectivity index (χ1v) is 7.74. The van der Waals surface area contributed by atoms with Gasteiger partial charge < -0.3 is 4.74 Å². The lowest BCUT2D eigenvalue weighted by atomic mass is 10.1. The van der Waals surface area contributed by atoms with E-state index in [4.69, 9.17) is 16.3 Å². The Morgan fingerprint density at radius 3 is 2.33 bits per heavy atom. The number of methoxy groups -OCH3 is 1. The van der Waals surface area contributed by atoms with Crippen molar-refractivity contribution in [2.45, 2.75) is 0 Å². The largest absolute Gasteiger partial charge is 0.497 e. The second-order valence-electron chi connectivity index (χ2n) is 5.21. The van der Waals surface area contributed by atoms with Crippen LogP contribution in [0.25, 0.3) is 28.4 Å². The average molecular weight is 337 g/mol. The fourth-order valence-corrected chi connectivity index (χ4v) is 2.62. The molecule has 2 aromatic carbocycles. The molecule has 0 unspecified atom stereocenters. The Hall–Kier alpha value is -2.92. The standard InChI is InChI=1S/C18H13ClN4O/c1-24-15-8-4-13(5-9-15)17-21-18-20-11-10-16(23(18)22-17)12-2-6-14(19)7-3-12/h2-11H,1H3. The molecule has 24 heavy (non-hydrogen) atoms. The summed E-state index contributed by atoms with van der Waals surface area (Å²) in [6.45, 7) is 0. The molecule has 0 N–H and O–H groups in total. The number of halogens is 1. The minimum atomic E-state index is 0.549. The number of fused-ring (bicyclic) bond motifs is 1. The lowest BCUT2D eigenvalue weighted by Crippen LogP contribution is -1.95. The molecule has 0 aliphatic rings. The van der Waals surface area contributed by atoms with Crippen molar-refractivity contribution in [2.24, 2.45) is 0 Å². The molecule has 0 saturated carbocycles. The Bertz CT molecular complexity index is 994. The summed E-state index contributed by atoms with van der Waals surface area (Å²) in [7, 11) is 1.64. The van der Waals surface area contributed by atoms with Gasteiger partial charge >= 0.3 is 0 Å². The first-order valence-electron chi connectivity index (χ1n) is 7.37. The molecule has 0 amide bonds. The monoisotopic (exact) mass is 336 g/mol. The highest BCUT2D eigenvalue weighted by molar-refractivity contribution is 6.30. The second-order valence-corrected chi connectivity index (χ2v) is 5.65. The van der Waals surface area contributed by atoms with Crippen molar-refractivity contribution in [3.8, 4) is 28.4 Å². The van der Waals surface area contributed by atoms with Crippen molar-refractivity contribution < 1.29 is 4.74 Å². The molecule has 2 aromatic heterocycles. The van der Waals surface area contributed by atoms with Gasteiger partial charge in [-0.15, -0.1) is 5.10 Å². The fourth-order valence-electron chi connectivity index (χ4n) is 2.50. The normalized spacial score (nSPS) is 10.9. The van der Waals surface area contributed by atoms with E-state index in [1.807, 2.05) is 54.6 Å². The molecule has 0 saturated heterocycles. The smallest absolute Gasteiger partial charge is 0.253 e. The summed E-state index contributed by atoms with van der Waals surface area (Å²) in [5, 5.41) is 5.30. The van der Waals surface area contributed by atoms with E-state index in [1.165, 1.54) is 0 Å². The number of nitrogens with zero attached hydrogens (tertiary/aromatic N) is 4. The number of hydrogen-bond donors (Lipinski definition) is 0. The van der Waals surface area contributed by atoms with Crippen LogP contribution >= 0.6 is 11.6 Å². The molecule has 4 aromatic rings. The van der Waals surface area contributed by atoms with Crippen LogP contribution in [-0.4, -0.2) is 26.7 Å². The summed E-state index contributed by atoms with van der Waals surface area (Å²) in [6.07, 6.45) is 1.73. The van der Waals surface area contributed by atoms with Gasteiger partial charge in [-0.2, -0.15) is 9.50 Å². The van der Waals surface area contributed by atoms with Gasteiger partial charge in [0.25, 0.3) is 5.78 Å². The molecule has 4 rings (SSSR count). The van der Waals surface area contributed by atoms with Gasteiger partial charge in [-0.3, -0.25) is 0 Å². The second kappa shape index (κ2) is 5.94. The molecule has 0 aliphatic heterocycles. The highest BCUT2D eigenvalue weighted by Gasteiger charge is 2.11. The van der Waals surface area contributed by atoms with Gasteiger partial charge in [-0.25, -0.2) is 4.98 Å². The van der Waals surface area contributed by atoms with Gasteiger partial charge in [0.2, 0.25) is 0 Å². The third-order valence-electron chi connectivity index (χ3n) is 3.73. The van der Waals surface area contributed by atoms with Crippen LogP contribution < -0.4 is 4.74 Å². The molecular weight excluding hydrogens is 324 g/mol. The van der Waals surface area contributed by atoms with Gasteiger partial charge in [-0.05, 0) is 42.5 Å². The van der Waals surface area contributed by atoms with E-state index in [0.29, 0.717) is 16.6 Å². The van der Waals surface area contributed by atoms with Crippen LogP contribution in [0.1, 0.15) is 0 Å². The van der Waals surface area contributed by atoms with Crippen LogP contribution in [0.3, 0.4) is 0 Å². The molecule has 0 fully saturated rings. The van der Waals surface area contributed by atoms with E-state index < -0.39 is 0 Å². The van der Waals surface area contributed by atoms with Crippen LogP contribution in [0.4, 0.5) is 0 Å². The maximum absolute atomic E-state index is 5.97. The topological polar surface area (TPSA) is 52.3 Å². The van der Waals surface area contributed by atoms with Gasteiger partial charge in [-0.1, -0.05) is 23.7 Å². The zero-order valence-electron chi connectivity index (χ0n) is 12.8. The van der Waals surface area contributed by atoms with Gasteiger partial charge in [0.15, 0.2) is 5.82 Å². The van der Waals surface area contributed by atoms with E-state index in [-0.39, 0.29) is 0 Å². The number of aromatic nitrogens is 4.